The Bertz CT molecular complexity index is 651. The average Bonchev–Trinajstić information content (AvgIpc) is 2.49. The second-order valence-corrected chi connectivity index (χ2v) is 4.58. The molecule has 0 aromatic carbocycles. The number of hydrogen-bond donors (Lipinski definition) is 1. The van der Waals surface area contributed by atoms with Crippen LogP contribution < -0.4 is 10.4 Å². The summed E-state index contributed by atoms with van der Waals surface area (Å²) in [5.41, 5.74) is 2.43. The molecule has 116 valence electrons. The highest BCUT2D eigenvalue weighted by Gasteiger charge is 2.31. The lowest BCUT2D eigenvalue weighted by Crippen LogP contribution is -2.36. The summed E-state index contributed by atoms with van der Waals surface area (Å²) in [6.45, 7) is -0.0232. The molecule has 0 aliphatic carbocycles. The number of hydrogen-bond acceptors (Lipinski definition) is 4. The van der Waals surface area contributed by atoms with E-state index >= 15 is 0 Å². The second-order valence-electron chi connectivity index (χ2n) is 4.17. The Morgan fingerprint density at radius 2 is 2.14 bits per heavy atom. The zero-order chi connectivity index (χ0) is 16.2. The summed E-state index contributed by atoms with van der Waals surface area (Å²) >= 11 is 5.79. The van der Waals surface area contributed by atoms with Crippen LogP contribution in [0.2, 0.25) is 5.02 Å². The van der Waals surface area contributed by atoms with Gasteiger partial charge in [0.25, 0.3) is 0 Å². The van der Waals surface area contributed by atoms with Crippen molar-refractivity contribution < 1.29 is 18.0 Å². The minimum Gasteiger partial charge on any atom is -0.277 e. The Labute approximate surface area is 128 Å². The number of rotatable bonds is 5. The van der Waals surface area contributed by atoms with Crippen LogP contribution in [0.25, 0.3) is 0 Å². The first kappa shape index (κ1) is 16.2. The van der Waals surface area contributed by atoms with Crippen LogP contribution in [-0.2, 0) is 17.5 Å². The molecule has 0 spiro atoms. The van der Waals surface area contributed by atoms with Crippen LogP contribution in [0.15, 0.2) is 36.8 Å². The molecule has 0 atom stereocenters. The van der Waals surface area contributed by atoms with E-state index < -0.39 is 11.7 Å². The van der Waals surface area contributed by atoms with Crippen LogP contribution in [-0.4, -0.2) is 16.4 Å². The van der Waals surface area contributed by atoms with Gasteiger partial charge in [-0.25, -0.2) is 10.4 Å². The van der Waals surface area contributed by atoms with Crippen LogP contribution in [0.5, 0.6) is 0 Å². The molecule has 0 aliphatic rings. The standard InChI is InChI=1S/C13H10ClF3N4O/c14-11-4-9(13(15,16)17)5-19-12(11)7-20-21(8-22)10-2-1-3-18-6-10/h1-6,8,20H,7H2. The van der Waals surface area contributed by atoms with Gasteiger partial charge < -0.3 is 0 Å². The molecule has 2 heterocycles. The zero-order valence-electron chi connectivity index (χ0n) is 11.0. The molecule has 0 aliphatic heterocycles. The van der Waals surface area contributed by atoms with Gasteiger partial charge in [-0.1, -0.05) is 11.6 Å². The van der Waals surface area contributed by atoms with E-state index in [1.54, 1.807) is 18.3 Å². The smallest absolute Gasteiger partial charge is 0.277 e. The molecule has 2 rings (SSSR count). The summed E-state index contributed by atoms with van der Waals surface area (Å²) in [5, 5.41) is 0.988. The highest BCUT2D eigenvalue weighted by Crippen LogP contribution is 2.31. The molecule has 1 amide bonds. The Morgan fingerprint density at radius 3 is 2.68 bits per heavy atom. The van der Waals surface area contributed by atoms with Crippen molar-refractivity contribution in [1.82, 2.24) is 15.4 Å². The van der Waals surface area contributed by atoms with Crippen molar-refractivity contribution in [3.8, 4) is 0 Å². The van der Waals surface area contributed by atoms with Gasteiger partial charge in [-0.3, -0.25) is 14.8 Å². The highest BCUT2D eigenvalue weighted by atomic mass is 35.5. The van der Waals surface area contributed by atoms with Gasteiger partial charge in [0.2, 0.25) is 6.41 Å². The number of carbonyl (C=O) groups is 1. The van der Waals surface area contributed by atoms with Crippen molar-refractivity contribution in [3.63, 3.8) is 0 Å². The molecule has 0 radical (unpaired) electrons. The van der Waals surface area contributed by atoms with Crippen molar-refractivity contribution in [2.24, 2.45) is 0 Å². The van der Waals surface area contributed by atoms with Gasteiger partial charge >= 0.3 is 6.18 Å². The monoisotopic (exact) mass is 330 g/mol. The predicted molar refractivity (Wildman–Crippen MR) is 73.9 cm³/mol. The van der Waals surface area contributed by atoms with E-state index in [2.05, 4.69) is 15.4 Å². The summed E-state index contributed by atoms with van der Waals surface area (Å²) in [4.78, 5) is 18.6. The molecule has 0 saturated carbocycles. The van der Waals surface area contributed by atoms with Crippen molar-refractivity contribution in [1.29, 1.82) is 0 Å². The van der Waals surface area contributed by atoms with Gasteiger partial charge in [0.15, 0.2) is 0 Å². The van der Waals surface area contributed by atoms with Crippen LogP contribution >= 0.6 is 11.6 Å². The maximum atomic E-state index is 12.5. The van der Waals surface area contributed by atoms with Crippen molar-refractivity contribution >= 4 is 23.7 Å². The molecule has 2 aromatic heterocycles. The van der Waals surface area contributed by atoms with Gasteiger partial charge in [0.1, 0.15) is 0 Å². The molecule has 2 aromatic rings. The molecule has 0 saturated heterocycles. The van der Waals surface area contributed by atoms with E-state index in [0.717, 1.165) is 11.1 Å². The van der Waals surface area contributed by atoms with E-state index in [9.17, 15) is 18.0 Å². The number of hydrazine groups is 1. The molecule has 0 unspecified atom stereocenters. The quantitative estimate of drug-likeness (QED) is 0.676. The predicted octanol–water partition coefficient (Wildman–Crippen LogP) is 2.82. The van der Waals surface area contributed by atoms with E-state index in [1.165, 1.54) is 6.20 Å². The largest absolute Gasteiger partial charge is 0.417 e. The molecule has 0 bridgehead atoms. The lowest BCUT2D eigenvalue weighted by molar-refractivity contribution is -0.137. The van der Waals surface area contributed by atoms with Gasteiger partial charge in [-0.05, 0) is 18.2 Å². The summed E-state index contributed by atoms with van der Waals surface area (Å²) in [5.74, 6) is 0. The first-order valence-corrected chi connectivity index (χ1v) is 6.39. The van der Waals surface area contributed by atoms with Gasteiger partial charge in [0.05, 0.1) is 34.7 Å². The van der Waals surface area contributed by atoms with Gasteiger partial charge in [-0.15, -0.1) is 0 Å². The Balaban J connectivity index is 2.09. The van der Waals surface area contributed by atoms with Crippen LogP contribution in [0.1, 0.15) is 11.3 Å². The van der Waals surface area contributed by atoms with Crippen molar-refractivity contribution in [3.05, 3.63) is 53.1 Å². The highest BCUT2D eigenvalue weighted by molar-refractivity contribution is 6.31. The maximum Gasteiger partial charge on any atom is 0.417 e. The SMILES string of the molecule is O=CN(NCc1ncc(C(F)(F)F)cc1Cl)c1cccnc1. The third kappa shape index (κ3) is 3.92. The number of nitrogens with zero attached hydrogens (tertiary/aromatic N) is 3. The van der Waals surface area contributed by atoms with Gasteiger partial charge in [0, 0.05) is 12.4 Å². The zero-order valence-corrected chi connectivity index (χ0v) is 11.8. The molecule has 22 heavy (non-hydrogen) atoms. The van der Waals surface area contributed by atoms with Gasteiger partial charge in [-0.2, -0.15) is 13.2 Å². The summed E-state index contributed by atoms with van der Waals surface area (Å²) in [7, 11) is 0. The normalized spacial score (nSPS) is 11.3. The van der Waals surface area contributed by atoms with E-state index in [0.29, 0.717) is 18.3 Å². The minimum absolute atomic E-state index is 0.0232. The number of anilines is 1. The topological polar surface area (TPSA) is 58.1 Å². The van der Waals surface area contributed by atoms with Crippen molar-refractivity contribution in [2.75, 3.05) is 5.01 Å². The number of amides is 1. The Hall–Kier alpha value is -2.19. The molecular formula is C13H10ClF3N4O. The number of nitrogens with one attached hydrogen (secondary N) is 1. The average molecular weight is 331 g/mol. The maximum absolute atomic E-state index is 12.5. The molecule has 0 fully saturated rings. The lowest BCUT2D eigenvalue weighted by Gasteiger charge is -2.18. The molecule has 9 heteroatoms. The Morgan fingerprint density at radius 1 is 1.36 bits per heavy atom. The number of aromatic nitrogens is 2. The number of carbonyl (C=O) groups excluding carboxylic acids is 1. The fourth-order valence-electron chi connectivity index (χ4n) is 1.60. The fraction of sp³-hybridized carbons (Fsp3) is 0.154. The number of pyridine rings is 2. The van der Waals surface area contributed by atoms with Crippen LogP contribution in [0.3, 0.4) is 0 Å². The molecule has 1 N–H and O–H groups in total. The van der Waals surface area contributed by atoms with E-state index in [1.807, 2.05) is 0 Å². The lowest BCUT2D eigenvalue weighted by atomic mass is 10.2. The third-order valence-electron chi connectivity index (χ3n) is 2.69. The fourth-order valence-corrected chi connectivity index (χ4v) is 1.83. The third-order valence-corrected chi connectivity index (χ3v) is 3.02. The molecular weight excluding hydrogens is 321 g/mol. The molecule has 5 nitrogen and oxygen atoms in total. The minimum atomic E-state index is -4.51. The van der Waals surface area contributed by atoms with E-state index in [-0.39, 0.29) is 17.3 Å². The first-order chi connectivity index (χ1) is 10.4. The number of alkyl halides is 3. The summed E-state index contributed by atoms with van der Waals surface area (Å²) in [6, 6.07) is 4.06. The van der Waals surface area contributed by atoms with E-state index in [4.69, 9.17) is 11.6 Å². The van der Waals surface area contributed by atoms with Crippen LogP contribution in [0, 0.1) is 0 Å². The first-order valence-electron chi connectivity index (χ1n) is 6.01. The Kier molecular flexibility index (Phi) is 4.94. The van der Waals surface area contributed by atoms with Crippen LogP contribution in [0.4, 0.5) is 18.9 Å². The second kappa shape index (κ2) is 6.71. The summed E-state index contributed by atoms with van der Waals surface area (Å²) in [6.07, 6.45) is -0.315. The summed E-state index contributed by atoms with van der Waals surface area (Å²) < 4.78 is 37.5. The number of halogens is 4. The van der Waals surface area contributed by atoms with Crippen molar-refractivity contribution in [2.45, 2.75) is 12.7 Å².